The first-order chi connectivity index (χ1) is 10.5. The second-order valence-corrected chi connectivity index (χ2v) is 5.39. The Hall–Kier alpha value is -2.13. The van der Waals surface area contributed by atoms with E-state index in [-0.39, 0.29) is 0 Å². The quantitative estimate of drug-likeness (QED) is 0.497. The summed E-state index contributed by atoms with van der Waals surface area (Å²) in [6.07, 6.45) is 0. The van der Waals surface area contributed by atoms with Crippen LogP contribution in [0.25, 0.3) is 0 Å². The highest BCUT2D eigenvalue weighted by Gasteiger charge is 1.99. The van der Waals surface area contributed by atoms with Crippen molar-refractivity contribution in [3.05, 3.63) is 70.8 Å². The van der Waals surface area contributed by atoms with E-state index in [4.69, 9.17) is 9.94 Å². The van der Waals surface area contributed by atoms with Crippen LogP contribution in [0, 0.1) is 13.8 Å². The van der Waals surface area contributed by atoms with Gasteiger partial charge in [0.05, 0.1) is 18.9 Å². The molecule has 0 aliphatic carbocycles. The van der Waals surface area contributed by atoms with Gasteiger partial charge in [-0.3, -0.25) is 0 Å². The van der Waals surface area contributed by atoms with Gasteiger partial charge in [-0.25, -0.2) is 0 Å². The number of benzene rings is 2. The molecule has 3 heteroatoms. The minimum atomic E-state index is 0.682. The summed E-state index contributed by atoms with van der Waals surface area (Å²) < 4.78 is 5.77. The minimum Gasteiger partial charge on any atom is -0.411 e. The van der Waals surface area contributed by atoms with Crippen LogP contribution in [-0.2, 0) is 18.0 Å². The first kappa shape index (κ1) is 17.9. The molecular formula is C19H25NO2. The third kappa shape index (κ3) is 6.55. The van der Waals surface area contributed by atoms with Crippen molar-refractivity contribution in [1.29, 1.82) is 0 Å². The largest absolute Gasteiger partial charge is 0.411 e. The lowest BCUT2D eigenvalue weighted by Crippen LogP contribution is -1.97. The first-order valence-electron chi connectivity index (χ1n) is 7.36. The predicted octanol–water partition coefficient (Wildman–Crippen LogP) is 4.88. The Kier molecular flexibility index (Phi) is 7.94. The fraction of sp³-hybridized carbons (Fsp3) is 0.316. The summed E-state index contributed by atoms with van der Waals surface area (Å²) in [5.74, 6) is 0. The smallest absolute Gasteiger partial charge is 0.0724 e. The van der Waals surface area contributed by atoms with E-state index in [2.05, 4.69) is 67.5 Å². The van der Waals surface area contributed by atoms with E-state index in [0.29, 0.717) is 18.9 Å². The van der Waals surface area contributed by atoms with E-state index >= 15 is 0 Å². The maximum absolute atomic E-state index is 7.73. The SMILES string of the molecule is CC(C)=NO.Cc1ccccc1COCc1ccccc1C. The zero-order valence-corrected chi connectivity index (χ0v) is 13.8. The van der Waals surface area contributed by atoms with E-state index in [1.165, 1.54) is 22.3 Å². The average molecular weight is 299 g/mol. The van der Waals surface area contributed by atoms with Crippen molar-refractivity contribution in [1.82, 2.24) is 0 Å². The van der Waals surface area contributed by atoms with Crippen molar-refractivity contribution >= 4 is 5.71 Å². The zero-order chi connectivity index (χ0) is 16.4. The maximum atomic E-state index is 7.73. The highest BCUT2D eigenvalue weighted by molar-refractivity contribution is 5.78. The lowest BCUT2D eigenvalue weighted by Gasteiger charge is -2.08. The van der Waals surface area contributed by atoms with Gasteiger partial charge in [-0.2, -0.15) is 0 Å². The Bertz CT molecular complexity index is 556. The molecule has 3 nitrogen and oxygen atoms in total. The molecule has 0 radical (unpaired) electrons. The van der Waals surface area contributed by atoms with Crippen molar-refractivity contribution in [2.24, 2.45) is 5.16 Å². The molecule has 0 saturated heterocycles. The first-order valence-corrected chi connectivity index (χ1v) is 7.36. The Morgan fingerprint density at radius 2 is 1.23 bits per heavy atom. The summed E-state index contributed by atoms with van der Waals surface area (Å²) in [6, 6.07) is 16.7. The molecule has 2 aromatic carbocycles. The van der Waals surface area contributed by atoms with Crippen LogP contribution in [0.3, 0.4) is 0 Å². The van der Waals surface area contributed by atoms with Gasteiger partial charge in [-0.05, 0) is 49.9 Å². The standard InChI is InChI=1S/C16H18O.C3H7NO/c1-13-7-3-5-9-15(13)11-17-12-16-10-6-4-8-14(16)2;1-3(2)4-5/h3-10H,11-12H2,1-2H3;5H,1-2H3. The zero-order valence-electron chi connectivity index (χ0n) is 13.8. The Balaban J connectivity index is 0.000000422. The summed E-state index contributed by atoms with van der Waals surface area (Å²) in [4.78, 5) is 0. The molecule has 0 fully saturated rings. The number of ether oxygens (including phenoxy) is 1. The summed E-state index contributed by atoms with van der Waals surface area (Å²) >= 11 is 0. The third-order valence-corrected chi connectivity index (χ3v) is 3.24. The lowest BCUT2D eigenvalue weighted by atomic mass is 10.1. The predicted molar refractivity (Wildman–Crippen MR) is 91.4 cm³/mol. The average Bonchev–Trinajstić information content (AvgIpc) is 2.51. The van der Waals surface area contributed by atoms with Gasteiger partial charge in [0.25, 0.3) is 0 Å². The molecule has 0 atom stereocenters. The molecule has 0 aliphatic heterocycles. The topological polar surface area (TPSA) is 41.8 Å². The Labute approximate surface area is 133 Å². The van der Waals surface area contributed by atoms with Crippen LogP contribution in [0.15, 0.2) is 53.7 Å². The van der Waals surface area contributed by atoms with Crippen molar-refractivity contribution in [2.75, 3.05) is 0 Å². The highest BCUT2D eigenvalue weighted by atomic mass is 16.5. The van der Waals surface area contributed by atoms with Crippen molar-refractivity contribution in [2.45, 2.75) is 40.9 Å². The second-order valence-electron chi connectivity index (χ2n) is 5.39. The molecule has 0 aromatic heterocycles. The van der Waals surface area contributed by atoms with Gasteiger partial charge in [0.15, 0.2) is 0 Å². The fourth-order valence-electron chi connectivity index (χ4n) is 1.82. The van der Waals surface area contributed by atoms with Crippen molar-refractivity contribution in [3.63, 3.8) is 0 Å². The van der Waals surface area contributed by atoms with Gasteiger partial charge < -0.3 is 9.94 Å². The van der Waals surface area contributed by atoms with Crippen LogP contribution in [-0.4, -0.2) is 10.9 Å². The van der Waals surface area contributed by atoms with Gasteiger partial charge in [-0.15, -0.1) is 0 Å². The molecule has 0 unspecified atom stereocenters. The molecule has 0 amide bonds. The van der Waals surface area contributed by atoms with E-state index < -0.39 is 0 Å². The molecule has 0 spiro atoms. The third-order valence-electron chi connectivity index (χ3n) is 3.24. The molecule has 0 aliphatic rings. The molecule has 0 heterocycles. The van der Waals surface area contributed by atoms with E-state index in [9.17, 15) is 0 Å². The molecule has 1 N–H and O–H groups in total. The Morgan fingerprint density at radius 3 is 1.55 bits per heavy atom. The molecular weight excluding hydrogens is 274 g/mol. The normalized spacial score (nSPS) is 9.64. The number of oxime groups is 1. The van der Waals surface area contributed by atoms with Crippen LogP contribution in [0.5, 0.6) is 0 Å². The van der Waals surface area contributed by atoms with E-state index in [0.717, 1.165) is 0 Å². The maximum Gasteiger partial charge on any atom is 0.0724 e. The monoisotopic (exact) mass is 299 g/mol. The van der Waals surface area contributed by atoms with Crippen LogP contribution < -0.4 is 0 Å². The summed E-state index contributed by atoms with van der Waals surface area (Å²) in [6.45, 7) is 9.04. The number of hydrogen-bond acceptors (Lipinski definition) is 3. The summed E-state index contributed by atoms with van der Waals surface area (Å²) in [5, 5.41) is 10.5. The van der Waals surface area contributed by atoms with Crippen LogP contribution in [0.1, 0.15) is 36.1 Å². The fourth-order valence-corrected chi connectivity index (χ4v) is 1.82. The minimum absolute atomic E-state index is 0.682. The molecule has 22 heavy (non-hydrogen) atoms. The molecule has 118 valence electrons. The van der Waals surface area contributed by atoms with Crippen LogP contribution >= 0.6 is 0 Å². The lowest BCUT2D eigenvalue weighted by molar-refractivity contribution is 0.106. The highest BCUT2D eigenvalue weighted by Crippen LogP contribution is 2.12. The summed E-state index contributed by atoms with van der Waals surface area (Å²) in [5.41, 5.74) is 5.79. The molecule has 2 rings (SSSR count). The van der Waals surface area contributed by atoms with Gasteiger partial charge in [0.2, 0.25) is 0 Å². The number of hydrogen-bond donors (Lipinski definition) is 1. The summed E-state index contributed by atoms with van der Waals surface area (Å²) in [7, 11) is 0. The number of aryl methyl sites for hydroxylation is 2. The molecule has 2 aromatic rings. The van der Waals surface area contributed by atoms with Gasteiger partial charge in [-0.1, -0.05) is 53.7 Å². The number of nitrogens with zero attached hydrogens (tertiary/aromatic N) is 1. The van der Waals surface area contributed by atoms with Crippen molar-refractivity contribution < 1.29 is 9.94 Å². The van der Waals surface area contributed by atoms with Gasteiger partial charge in [0.1, 0.15) is 0 Å². The number of rotatable bonds is 4. The van der Waals surface area contributed by atoms with E-state index in [1.54, 1.807) is 13.8 Å². The van der Waals surface area contributed by atoms with Crippen LogP contribution in [0.4, 0.5) is 0 Å². The van der Waals surface area contributed by atoms with E-state index in [1.807, 2.05) is 0 Å². The van der Waals surface area contributed by atoms with Crippen molar-refractivity contribution in [3.8, 4) is 0 Å². The molecule has 0 saturated carbocycles. The second kappa shape index (κ2) is 9.74. The molecule has 0 bridgehead atoms. The van der Waals surface area contributed by atoms with Gasteiger partial charge >= 0.3 is 0 Å². The van der Waals surface area contributed by atoms with Crippen LogP contribution in [0.2, 0.25) is 0 Å². The Morgan fingerprint density at radius 1 is 0.864 bits per heavy atom. The van der Waals surface area contributed by atoms with Gasteiger partial charge in [0, 0.05) is 0 Å².